The lowest BCUT2D eigenvalue weighted by molar-refractivity contribution is 0.0977. The number of hydrogen-bond acceptors (Lipinski definition) is 4. The fourth-order valence-electron chi connectivity index (χ4n) is 3.07. The van der Waals surface area contributed by atoms with Crippen LogP contribution in [0.5, 0.6) is 11.5 Å². The van der Waals surface area contributed by atoms with E-state index in [0.717, 1.165) is 24.3 Å². The SMILES string of the molecule is CC(C)Oc1ccc(C(=O)NC(=S)Nc2ccc(OCCCc3ccccc3)cc2)cc1Br. The smallest absolute Gasteiger partial charge is 0.257 e. The average molecular weight is 527 g/mol. The van der Waals surface area contributed by atoms with Crippen molar-refractivity contribution >= 4 is 44.9 Å². The van der Waals surface area contributed by atoms with Crippen molar-refractivity contribution in [1.29, 1.82) is 0 Å². The van der Waals surface area contributed by atoms with Gasteiger partial charge in [0.05, 0.1) is 17.2 Å². The maximum absolute atomic E-state index is 12.5. The molecular weight excluding hydrogens is 500 g/mol. The summed E-state index contributed by atoms with van der Waals surface area (Å²) in [7, 11) is 0. The van der Waals surface area contributed by atoms with E-state index in [1.165, 1.54) is 5.56 Å². The number of carbonyl (C=O) groups is 1. The molecule has 0 saturated heterocycles. The first kappa shape index (κ1) is 24.7. The van der Waals surface area contributed by atoms with Crippen molar-refractivity contribution in [2.24, 2.45) is 0 Å². The second-order valence-corrected chi connectivity index (χ2v) is 8.94. The van der Waals surface area contributed by atoms with Crippen molar-refractivity contribution in [3.8, 4) is 11.5 Å². The number of hydrogen-bond donors (Lipinski definition) is 2. The molecule has 0 radical (unpaired) electrons. The van der Waals surface area contributed by atoms with Crippen molar-refractivity contribution in [2.75, 3.05) is 11.9 Å². The Morgan fingerprint density at radius 1 is 1.03 bits per heavy atom. The normalized spacial score (nSPS) is 10.5. The summed E-state index contributed by atoms with van der Waals surface area (Å²) in [6.45, 7) is 4.54. The lowest BCUT2D eigenvalue weighted by atomic mass is 10.1. The summed E-state index contributed by atoms with van der Waals surface area (Å²) in [5.41, 5.74) is 2.54. The van der Waals surface area contributed by atoms with E-state index in [9.17, 15) is 4.79 Å². The highest BCUT2D eigenvalue weighted by Gasteiger charge is 2.12. The van der Waals surface area contributed by atoms with E-state index in [1.807, 2.05) is 56.3 Å². The molecular formula is C26H27BrN2O3S. The summed E-state index contributed by atoms with van der Waals surface area (Å²) in [4.78, 5) is 12.5. The van der Waals surface area contributed by atoms with Crippen LogP contribution in [0.15, 0.2) is 77.3 Å². The topological polar surface area (TPSA) is 59.6 Å². The Balaban J connectivity index is 1.44. The minimum Gasteiger partial charge on any atom is -0.494 e. The summed E-state index contributed by atoms with van der Waals surface area (Å²) < 4.78 is 12.2. The Hall–Kier alpha value is -2.90. The highest BCUT2D eigenvalue weighted by atomic mass is 79.9. The highest BCUT2D eigenvalue weighted by Crippen LogP contribution is 2.27. The predicted molar refractivity (Wildman–Crippen MR) is 140 cm³/mol. The van der Waals surface area contributed by atoms with E-state index in [2.05, 4.69) is 38.7 Å². The Labute approximate surface area is 208 Å². The van der Waals surface area contributed by atoms with Crippen molar-refractivity contribution in [1.82, 2.24) is 5.32 Å². The van der Waals surface area contributed by atoms with E-state index in [-0.39, 0.29) is 17.1 Å². The molecule has 7 heteroatoms. The molecule has 33 heavy (non-hydrogen) atoms. The maximum atomic E-state index is 12.5. The summed E-state index contributed by atoms with van der Waals surface area (Å²) in [5.74, 6) is 1.17. The molecule has 0 fully saturated rings. The van der Waals surface area contributed by atoms with Crippen LogP contribution in [0, 0.1) is 0 Å². The van der Waals surface area contributed by atoms with Gasteiger partial charge in [-0.3, -0.25) is 10.1 Å². The summed E-state index contributed by atoms with van der Waals surface area (Å²) in [6, 6.07) is 23.0. The van der Waals surface area contributed by atoms with Gasteiger partial charge in [0, 0.05) is 11.3 Å². The summed E-state index contributed by atoms with van der Waals surface area (Å²) >= 11 is 8.72. The van der Waals surface area contributed by atoms with E-state index >= 15 is 0 Å². The third-order valence-corrected chi connectivity index (χ3v) is 5.44. The fourth-order valence-corrected chi connectivity index (χ4v) is 3.76. The second kappa shape index (κ2) is 12.4. The number of benzene rings is 3. The minimum atomic E-state index is -0.303. The van der Waals surface area contributed by atoms with Gasteiger partial charge in [0.2, 0.25) is 0 Å². The lowest BCUT2D eigenvalue weighted by Crippen LogP contribution is -2.34. The van der Waals surface area contributed by atoms with Crippen LogP contribution in [0.3, 0.4) is 0 Å². The number of thiocarbonyl (C=S) groups is 1. The van der Waals surface area contributed by atoms with Crippen LogP contribution in [0.2, 0.25) is 0 Å². The summed E-state index contributed by atoms with van der Waals surface area (Å²) in [6.07, 6.45) is 1.98. The van der Waals surface area contributed by atoms with E-state index in [1.54, 1.807) is 18.2 Å². The van der Waals surface area contributed by atoms with Crippen molar-refractivity contribution in [3.63, 3.8) is 0 Å². The van der Waals surface area contributed by atoms with Crippen molar-refractivity contribution < 1.29 is 14.3 Å². The van der Waals surface area contributed by atoms with Gasteiger partial charge in [-0.2, -0.15) is 0 Å². The molecule has 0 spiro atoms. The highest BCUT2D eigenvalue weighted by molar-refractivity contribution is 9.10. The largest absolute Gasteiger partial charge is 0.494 e. The molecule has 1 amide bonds. The number of amides is 1. The third-order valence-electron chi connectivity index (χ3n) is 4.62. The Bertz CT molecular complexity index is 1070. The van der Waals surface area contributed by atoms with Gasteiger partial charge in [0.1, 0.15) is 11.5 Å². The number of nitrogens with one attached hydrogen (secondary N) is 2. The molecule has 3 rings (SSSR count). The van der Waals surface area contributed by atoms with Crippen molar-refractivity contribution in [2.45, 2.75) is 32.8 Å². The molecule has 0 bridgehead atoms. The Morgan fingerprint density at radius 3 is 2.42 bits per heavy atom. The molecule has 3 aromatic carbocycles. The number of halogens is 1. The number of anilines is 1. The number of aryl methyl sites for hydroxylation is 1. The number of rotatable bonds is 9. The molecule has 0 aliphatic carbocycles. The zero-order valence-electron chi connectivity index (χ0n) is 18.6. The van der Waals surface area contributed by atoms with Gasteiger partial charge in [-0.1, -0.05) is 30.3 Å². The molecule has 0 heterocycles. The quantitative estimate of drug-likeness (QED) is 0.250. The third kappa shape index (κ3) is 8.18. The minimum absolute atomic E-state index is 0.0452. The molecule has 0 aliphatic rings. The molecule has 0 aliphatic heterocycles. The molecule has 0 unspecified atom stereocenters. The van der Waals surface area contributed by atoms with Gasteiger partial charge >= 0.3 is 0 Å². The van der Waals surface area contributed by atoms with Crippen LogP contribution in [0.4, 0.5) is 5.69 Å². The van der Waals surface area contributed by atoms with E-state index in [0.29, 0.717) is 22.4 Å². The van der Waals surface area contributed by atoms with Gasteiger partial charge in [-0.25, -0.2) is 0 Å². The zero-order valence-corrected chi connectivity index (χ0v) is 21.0. The lowest BCUT2D eigenvalue weighted by Gasteiger charge is -2.13. The first-order valence-electron chi connectivity index (χ1n) is 10.8. The van der Waals surface area contributed by atoms with Gasteiger partial charge in [0.25, 0.3) is 5.91 Å². The van der Waals surface area contributed by atoms with Gasteiger partial charge in [-0.05, 0) is 103 Å². The molecule has 0 aromatic heterocycles. The molecule has 3 aromatic rings. The van der Waals surface area contributed by atoms with Crippen LogP contribution in [-0.4, -0.2) is 23.7 Å². The monoisotopic (exact) mass is 526 g/mol. The zero-order chi connectivity index (χ0) is 23.6. The van der Waals surface area contributed by atoms with Crippen LogP contribution in [0.1, 0.15) is 36.2 Å². The average Bonchev–Trinajstić information content (AvgIpc) is 2.79. The van der Waals surface area contributed by atoms with Crippen LogP contribution in [-0.2, 0) is 6.42 Å². The van der Waals surface area contributed by atoms with Crippen LogP contribution >= 0.6 is 28.1 Å². The molecule has 0 saturated carbocycles. The Morgan fingerprint density at radius 2 is 1.76 bits per heavy atom. The fraction of sp³-hybridized carbons (Fsp3) is 0.231. The maximum Gasteiger partial charge on any atom is 0.257 e. The Kier molecular flexibility index (Phi) is 9.27. The second-order valence-electron chi connectivity index (χ2n) is 7.68. The first-order valence-corrected chi connectivity index (χ1v) is 12.0. The first-order chi connectivity index (χ1) is 15.9. The molecule has 5 nitrogen and oxygen atoms in total. The van der Waals surface area contributed by atoms with Gasteiger partial charge in [-0.15, -0.1) is 0 Å². The number of carbonyl (C=O) groups excluding carboxylic acids is 1. The number of ether oxygens (including phenoxy) is 2. The van der Waals surface area contributed by atoms with Crippen LogP contribution < -0.4 is 20.1 Å². The standard InChI is InChI=1S/C26H27BrN2O3S/c1-18(2)32-24-15-10-20(17-23(24)27)25(30)29-26(33)28-21-11-13-22(14-12-21)31-16-6-9-19-7-4-3-5-8-19/h3-5,7-8,10-15,17-18H,6,9,16H2,1-2H3,(H2,28,29,30,33). The van der Waals surface area contributed by atoms with E-state index in [4.69, 9.17) is 21.7 Å². The molecule has 0 atom stereocenters. The van der Waals surface area contributed by atoms with Gasteiger partial charge in [0.15, 0.2) is 5.11 Å². The molecule has 172 valence electrons. The predicted octanol–water partition coefficient (Wildman–Crippen LogP) is 6.37. The van der Waals surface area contributed by atoms with E-state index < -0.39 is 0 Å². The molecule has 2 N–H and O–H groups in total. The van der Waals surface area contributed by atoms with Gasteiger partial charge < -0.3 is 14.8 Å². The van der Waals surface area contributed by atoms with Crippen molar-refractivity contribution in [3.05, 3.63) is 88.4 Å². The van der Waals surface area contributed by atoms with Crippen LogP contribution in [0.25, 0.3) is 0 Å². The summed E-state index contributed by atoms with van der Waals surface area (Å²) in [5, 5.41) is 5.93.